The highest BCUT2D eigenvalue weighted by molar-refractivity contribution is 5.95. The van der Waals surface area contributed by atoms with Crippen LogP contribution in [-0.4, -0.2) is 41.6 Å². The zero-order chi connectivity index (χ0) is 21.8. The largest absolute Gasteiger partial charge is 0.481 e. The van der Waals surface area contributed by atoms with Crippen molar-refractivity contribution in [2.45, 2.75) is 12.8 Å². The predicted octanol–water partition coefficient (Wildman–Crippen LogP) is 2.69. The van der Waals surface area contributed by atoms with Crippen LogP contribution in [0, 0.1) is 5.41 Å². The van der Waals surface area contributed by atoms with Gasteiger partial charge in [0.1, 0.15) is 11.7 Å². The molecule has 0 bridgehead atoms. The lowest BCUT2D eigenvalue weighted by Crippen LogP contribution is -2.10. The van der Waals surface area contributed by atoms with Crippen molar-refractivity contribution < 1.29 is 9.90 Å². The van der Waals surface area contributed by atoms with E-state index in [1.54, 1.807) is 35.3 Å². The Morgan fingerprint density at radius 1 is 1.06 bits per heavy atom. The van der Waals surface area contributed by atoms with E-state index in [0.29, 0.717) is 35.0 Å². The van der Waals surface area contributed by atoms with Crippen molar-refractivity contribution in [3.8, 4) is 28.5 Å². The van der Waals surface area contributed by atoms with Gasteiger partial charge in [0, 0.05) is 41.7 Å². The van der Waals surface area contributed by atoms with Gasteiger partial charge in [-0.2, -0.15) is 0 Å². The number of aliphatic carboxylic acids is 1. The lowest BCUT2D eigenvalue weighted by molar-refractivity contribution is -0.136. The highest BCUT2D eigenvalue weighted by atomic mass is 16.4. The molecule has 0 unspecified atom stereocenters. The van der Waals surface area contributed by atoms with Crippen molar-refractivity contribution in [1.29, 1.82) is 5.41 Å². The van der Waals surface area contributed by atoms with Gasteiger partial charge in [-0.3, -0.25) is 19.8 Å². The molecule has 0 fully saturated rings. The van der Waals surface area contributed by atoms with Gasteiger partial charge in [0.05, 0.1) is 17.8 Å². The zero-order valence-electron chi connectivity index (χ0n) is 16.4. The number of nitrogens with zero attached hydrogens (tertiary/aromatic N) is 5. The van der Waals surface area contributed by atoms with E-state index in [2.05, 4.69) is 20.2 Å². The normalized spacial score (nSPS) is 10.7. The highest BCUT2D eigenvalue weighted by Crippen LogP contribution is 2.23. The summed E-state index contributed by atoms with van der Waals surface area (Å²) in [6, 6.07) is 14.6. The summed E-state index contributed by atoms with van der Waals surface area (Å²) in [5, 5.41) is 25.1. The van der Waals surface area contributed by atoms with Crippen LogP contribution in [0.4, 0.5) is 0 Å². The monoisotopic (exact) mass is 413 g/mol. The van der Waals surface area contributed by atoms with Gasteiger partial charge in [-0.15, -0.1) is 10.2 Å². The maximum atomic E-state index is 10.9. The van der Waals surface area contributed by atoms with Crippen LogP contribution in [0.2, 0.25) is 0 Å². The third-order valence-corrected chi connectivity index (χ3v) is 4.66. The molecule has 4 N–H and O–H groups in total. The average molecular weight is 413 g/mol. The molecule has 4 rings (SSSR count). The smallest absolute Gasteiger partial charge is 0.303 e. The number of aryl methyl sites for hydroxylation is 1. The van der Waals surface area contributed by atoms with Crippen LogP contribution in [0.5, 0.6) is 0 Å². The number of aromatic nitrogens is 5. The number of nitrogens with one attached hydrogen (secondary N) is 1. The molecule has 31 heavy (non-hydrogen) atoms. The fraction of sp³-hybridized carbons (Fsp3) is 0.0909. The van der Waals surface area contributed by atoms with Crippen LogP contribution in [-0.2, 0) is 11.2 Å². The molecular weight excluding hydrogens is 394 g/mol. The second kappa shape index (κ2) is 8.54. The van der Waals surface area contributed by atoms with Crippen LogP contribution in [0.1, 0.15) is 17.7 Å². The van der Waals surface area contributed by atoms with Crippen molar-refractivity contribution in [2.24, 2.45) is 5.73 Å². The van der Waals surface area contributed by atoms with E-state index >= 15 is 0 Å². The van der Waals surface area contributed by atoms with E-state index in [-0.39, 0.29) is 12.3 Å². The number of imidazole rings is 1. The first-order valence-corrected chi connectivity index (χ1v) is 9.50. The van der Waals surface area contributed by atoms with Crippen molar-refractivity contribution in [3.63, 3.8) is 0 Å². The Kier molecular flexibility index (Phi) is 5.48. The Morgan fingerprint density at radius 3 is 2.48 bits per heavy atom. The van der Waals surface area contributed by atoms with Crippen molar-refractivity contribution >= 4 is 11.8 Å². The molecule has 0 radical (unpaired) electrons. The van der Waals surface area contributed by atoms with Gasteiger partial charge in [-0.1, -0.05) is 24.3 Å². The first-order chi connectivity index (χ1) is 15.0. The molecule has 9 heteroatoms. The molecule has 0 atom stereocenters. The molecular formula is C22H19N7O2. The average Bonchev–Trinajstić information content (AvgIpc) is 3.23. The predicted molar refractivity (Wildman–Crippen MR) is 115 cm³/mol. The standard InChI is InChI=1S/C22H19N7O2/c23-21(24)15-5-3-14(4-6-15)18-8-9-19(28-27-18)29-13-17(7-10-20(30)31)26-22(29)16-2-1-11-25-12-16/h1-6,8-9,11-13H,7,10H2,(H3,23,24)(H,30,31). The van der Waals surface area contributed by atoms with Crippen LogP contribution >= 0.6 is 0 Å². The van der Waals surface area contributed by atoms with Gasteiger partial charge >= 0.3 is 5.97 Å². The number of carbonyl (C=O) groups is 1. The maximum absolute atomic E-state index is 10.9. The number of carboxylic acid groups (broad SMARTS) is 1. The number of rotatable bonds is 7. The van der Waals surface area contributed by atoms with Crippen molar-refractivity contribution in [2.75, 3.05) is 0 Å². The molecule has 3 aromatic heterocycles. The fourth-order valence-electron chi connectivity index (χ4n) is 3.09. The summed E-state index contributed by atoms with van der Waals surface area (Å²) in [6.45, 7) is 0. The fourth-order valence-corrected chi connectivity index (χ4v) is 3.09. The molecule has 9 nitrogen and oxygen atoms in total. The van der Waals surface area contributed by atoms with Crippen LogP contribution < -0.4 is 5.73 Å². The summed E-state index contributed by atoms with van der Waals surface area (Å²) in [4.78, 5) is 19.7. The maximum Gasteiger partial charge on any atom is 0.303 e. The van der Waals surface area contributed by atoms with Gasteiger partial charge in [0.15, 0.2) is 5.82 Å². The Labute approximate surface area is 177 Å². The summed E-state index contributed by atoms with van der Waals surface area (Å²) >= 11 is 0. The molecule has 0 saturated heterocycles. The first-order valence-electron chi connectivity index (χ1n) is 9.50. The van der Waals surface area contributed by atoms with E-state index in [0.717, 1.165) is 11.1 Å². The van der Waals surface area contributed by atoms with Crippen LogP contribution in [0.3, 0.4) is 0 Å². The van der Waals surface area contributed by atoms with Gasteiger partial charge in [-0.25, -0.2) is 4.98 Å². The van der Waals surface area contributed by atoms with E-state index in [4.69, 9.17) is 16.2 Å². The number of pyridine rings is 1. The number of hydrogen-bond donors (Lipinski definition) is 3. The molecule has 3 heterocycles. The molecule has 0 saturated carbocycles. The van der Waals surface area contributed by atoms with E-state index < -0.39 is 5.97 Å². The third-order valence-electron chi connectivity index (χ3n) is 4.66. The lowest BCUT2D eigenvalue weighted by atomic mass is 10.1. The minimum atomic E-state index is -0.877. The highest BCUT2D eigenvalue weighted by Gasteiger charge is 2.14. The topological polar surface area (TPSA) is 144 Å². The van der Waals surface area contributed by atoms with Gasteiger partial charge in [-0.05, 0) is 24.3 Å². The van der Waals surface area contributed by atoms with Crippen molar-refractivity contribution in [1.82, 2.24) is 24.7 Å². The molecule has 0 aliphatic heterocycles. The third kappa shape index (κ3) is 4.45. The molecule has 154 valence electrons. The van der Waals surface area contributed by atoms with Gasteiger partial charge < -0.3 is 10.8 Å². The van der Waals surface area contributed by atoms with Crippen LogP contribution in [0.15, 0.2) is 67.1 Å². The summed E-state index contributed by atoms with van der Waals surface area (Å²) in [5.41, 5.74) is 9.10. The molecule has 0 amide bonds. The lowest BCUT2D eigenvalue weighted by Gasteiger charge is -2.07. The minimum absolute atomic E-state index is 0.00900. The molecule has 0 aliphatic rings. The summed E-state index contributed by atoms with van der Waals surface area (Å²) < 4.78 is 1.78. The Morgan fingerprint density at radius 2 is 1.87 bits per heavy atom. The number of hydrogen-bond acceptors (Lipinski definition) is 6. The zero-order valence-corrected chi connectivity index (χ0v) is 16.4. The second-order valence-corrected chi connectivity index (χ2v) is 6.83. The van der Waals surface area contributed by atoms with Crippen LogP contribution in [0.25, 0.3) is 28.5 Å². The van der Waals surface area contributed by atoms with E-state index in [1.807, 2.05) is 36.4 Å². The number of benzene rings is 1. The number of carboxylic acids is 1. The second-order valence-electron chi connectivity index (χ2n) is 6.83. The van der Waals surface area contributed by atoms with E-state index in [1.165, 1.54) is 0 Å². The quantitative estimate of drug-likeness (QED) is 0.312. The number of amidine groups is 1. The molecule has 0 aliphatic carbocycles. The Bertz CT molecular complexity index is 1220. The summed E-state index contributed by atoms with van der Waals surface area (Å²) in [6.07, 6.45) is 5.44. The molecule has 4 aromatic rings. The van der Waals surface area contributed by atoms with Gasteiger partial charge in [0.25, 0.3) is 0 Å². The van der Waals surface area contributed by atoms with E-state index in [9.17, 15) is 4.79 Å². The summed E-state index contributed by atoms with van der Waals surface area (Å²) in [7, 11) is 0. The van der Waals surface area contributed by atoms with Gasteiger partial charge in [0.2, 0.25) is 0 Å². The molecule has 1 aromatic carbocycles. The Balaban J connectivity index is 1.68. The van der Waals surface area contributed by atoms with Crippen molar-refractivity contribution in [3.05, 3.63) is 78.4 Å². The number of nitrogen functional groups attached to an aromatic ring is 1. The summed E-state index contributed by atoms with van der Waals surface area (Å²) in [5.74, 6) is 0.297. The SMILES string of the molecule is N=C(N)c1ccc(-c2ccc(-n3cc(CCC(=O)O)nc3-c3cccnc3)nn2)cc1. The first kappa shape index (κ1) is 19.9. The minimum Gasteiger partial charge on any atom is -0.481 e. The Hall–Kier alpha value is -4.40. The number of nitrogens with two attached hydrogens (primary N) is 1. The molecule has 0 spiro atoms.